The van der Waals surface area contributed by atoms with E-state index in [1.807, 2.05) is 13.0 Å². The number of carbonyl (C=O) groups is 1. The number of pyridine rings is 1. The first-order valence-electron chi connectivity index (χ1n) is 5.63. The lowest BCUT2D eigenvalue weighted by molar-refractivity contribution is -0.114. The van der Waals surface area contributed by atoms with E-state index in [4.69, 9.17) is 0 Å². The molecular weight excluding hydrogens is 252 g/mol. The van der Waals surface area contributed by atoms with Crippen molar-refractivity contribution in [2.75, 3.05) is 16.8 Å². The van der Waals surface area contributed by atoms with Gasteiger partial charge >= 0.3 is 0 Å². The van der Waals surface area contributed by atoms with Gasteiger partial charge in [-0.25, -0.2) is 4.98 Å². The van der Waals surface area contributed by atoms with E-state index in [0.29, 0.717) is 0 Å². The fourth-order valence-corrected chi connectivity index (χ4v) is 3.13. The molecule has 1 rings (SSSR count). The molecule has 17 heavy (non-hydrogen) atoms. The maximum atomic E-state index is 11.3. The van der Waals surface area contributed by atoms with Crippen LogP contribution in [0.1, 0.15) is 26.5 Å². The third-order valence-electron chi connectivity index (χ3n) is 1.96. The van der Waals surface area contributed by atoms with Gasteiger partial charge in [0.15, 0.2) is 0 Å². The van der Waals surface area contributed by atoms with E-state index < -0.39 is 0 Å². The summed E-state index contributed by atoms with van der Waals surface area (Å²) in [7, 11) is 0. The highest BCUT2D eigenvalue weighted by molar-refractivity contribution is 8.00. The lowest BCUT2D eigenvalue weighted by Crippen LogP contribution is -2.09. The number of carbonyl (C=O) groups excluding carboxylic acids is 1. The van der Waals surface area contributed by atoms with Gasteiger partial charge in [-0.05, 0) is 24.5 Å². The highest BCUT2D eigenvalue weighted by atomic mass is 32.2. The van der Waals surface area contributed by atoms with Gasteiger partial charge in [0.1, 0.15) is 5.03 Å². The Balaban J connectivity index is 3.19. The molecule has 0 radical (unpaired) electrons. The van der Waals surface area contributed by atoms with Crippen LogP contribution in [0.2, 0.25) is 0 Å². The van der Waals surface area contributed by atoms with Crippen LogP contribution in [0.25, 0.3) is 0 Å². The number of nitrogens with zero attached hydrogens (tertiary/aromatic N) is 1. The quantitative estimate of drug-likeness (QED) is 0.831. The number of thioether (sulfide) groups is 2. The molecular formula is C12H18N2OS2. The summed E-state index contributed by atoms with van der Waals surface area (Å²) in [5.74, 6) is 1.87. The van der Waals surface area contributed by atoms with Gasteiger partial charge in [-0.1, -0.05) is 13.8 Å². The third kappa shape index (κ3) is 4.24. The zero-order chi connectivity index (χ0) is 12.8. The summed E-state index contributed by atoms with van der Waals surface area (Å²) in [6, 6.07) is 2.03. The summed E-state index contributed by atoms with van der Waals surface area (Å²) in [5, 5.41) is 3.81. The van der Waals surface area contributed by atoms with Crippen LogP contribution in [0.4, 0.5) is 5.69 Å². The van der Waals surface area contributed by atoms with Gasteiger partial charge in [0, 0.05) is 17.5 Å². The van der Waals surface area contributed by atoms with E-state index in [0.717, 1.165) is 32.8 Å². The molecule has 5 heteroatoms. The van der Waals surface area contributed by atoms with Crippen molar-refractivity contribution in [2.45, 2.75) is 37.6 Å². The fourth-order valence-electron chi connectivity index (χ4n) is 1.42. The van der Waals surface area contributed by atoms with Crippen LogP contribution in [-0.2, 0) is 4.79 Å². The van der Waals surface area contributed by atoms with Gasteiger partial charge in [-0.15, -0.1) is 23.5 Å². The van der Waals surface area contributed by atoms with E-state index in [2.05, 4.69) is 24.1 Å². The lowest BCUT2D eigenvalue weighted by atomic mass is 10.3. The van der Waals surface area contributed by atoms with Crippen molar-refractivity contribution in [3.8, 4) is 0 Å². The molecule has 94 valence electrons. The molecule has 0 saturated heterocycles. The number of anilines is 1. The van der Waals surface area contributed by atoms with Crippen LogP contribution in [0.5, 0.6) is 0 Å². The van der Waals surface area contributed by atoms with Crippen LogP contribution >= 0.6 is 23.5 Å². The monoisotopic (exact) mass is 270 g/mol. The Kier molecular flexibility index (Phi) is 5.85. The van der Waals surface area contributed by atoms with E-state index in [1.54, 1.807) is 23.5 Å². The van der Waals surface area contributed by atoms with Crippen LogP contribution < -0.4 is 5.32 Å². The maximum Gasteiger partial charge on any atom is 0.221 e. The number of hydrogen-bond donors (Lipinski definition) is 1. The van der Waals surface area contributed by atoms with Crippen molar-refractivity contribution < 1.29 is 4.79 Å². The first kappa shape index (κ1) is 14.4. The molecule has 1 aromatic rings. The summed E-state index contributed by atoms with van der Waals surface area (Å²) >= 11 is 3.39. The number of rotatable bonds is 5. The molecule has 0 unspecified atom stereocenters. The minimum Gasteiger partial charge on any atom is -0.323 e. The molecule has 3 nitrogen and oxygen atoms in total. The molecule has 1 N–H and O–H groups in total. The van der Waals surface area contributed by atoms with Crippen molar-refractivity contribution in [3.63, 3.8) is 0 Å². The van der Waals surface area contributed by atoms with Gasteiger partial charge in [-0.3, -0.25) is 4.79 Å². The number of aryl methyl sites for hydroxylation is 1. The molecule has 0 atom stereocenters. The standard InChI is InChI=1S/C12H18N2OS2/c1-5-16-10-7-8(3)13-12(17-6-2)11(10)14-9(4)15/h7H,5-6H2,1-4H3,(H,14,15). The molecule has 0 aromatic carbocycles. The molecule has 1 amide bonds. The van der Waals surface area contributed by atoms with Gasteiger partial charge in [0.25, 0.3) is 0 Å². The molecule has 0 aliphatic carbocycles. The fraction of sp³-hybridized carbons (Fsp3) is 0.500. The minimum atomic E-state index is -0.0495. The molecule has 0 saturated carbocycles. The molecule has 0 aliphatic rings. The van der Waals surface area contributed by atoms with Crippen LogP contribution in [0.3, 0.4) is 0 Å². The second-order valence-corrected chi connectivity index (χ2v) is 6.05. The van der Waals surface area contributed by atoms with E-state index >= 15 is 0 Å². The second-order valence-electron chi connectivity index (χ2n) is 3.49. The van der Waals surface area contributed by atoms with Crippen LogP contribution in [0.15, 0.2) is 16.0 Å². The Morgan fingerprint density at radius 1 is 1.35 bits per heavy atom. The topological polar surface area (TPSA) is 42.0 Å². The van der Waals surface area contributed by atoms with Crippen molar-refractivity contribution >= 4 is 35.1 Å². The zero-order valence-electron chi connectivity index (χ0n) is 10.7. The number of aromatic nitrogens is 1. The van der Waals surface area contributed by atoms with Gasteiger partial charge in [0.2, 0.25) is 5.91 Å². The molecule has 0 bridgehead atoms. The Hall–Kier alpha value is -0.680. The molecule has 0 spiro atoms. The number of amides is 1. The smallest absolute Gasteiger partial charge is 0.221 e. The van der Waals surface area contributed by atoms with E-state index in [9.17, 15) is 4.79 Å². The lowest BCUT2D eigenvalue weighted by Gasteiger charge is -2.14. The summed E-state index contributed by atoms with van der Waals surface area (Å²) in [6.07, 6.45) is 0. The molecule has 0 aliphatic heterocycles. The highest BCUT2D eigenvalue weighted by Gasteiger charge is 2.12. The van der Waals surface area contributed by atoms with Crippen molar-refractivity contribution in [1.29, 1.82) is 0 Å². The minimum absolute atomic E-state index is 0.0495. The maximum absolute atomic E-state index is 11.3. The first-order valence-corrected chi connectivity index (χ1v) is 7.60. The molecule has 1 heterocycles. The van der Waals surface area contributed by atoms with Crippen molar-refractivity contribution in [2.24, 2.45) is 0 Å². The predicted molar refractivity (Wildman–Crippen MR) is 76.1 cm³/mol. The van der Waals surface area contributed by atoms with E-state index in [-0.39, 0.29) is 5.91 Å². The Labute approximate surface area is 111 Å². The summed E-state index contributed by atoms with van der Waals surface area (Å²) in [4.78, 5) is 16.9. The highest BCUT2D eigenvalue weighted by Crippen LogP contribution is 2.35. The van der Waals surface area contributed by atoms with Gasteiger partial charge < -0.3 is 5.32 Å². The van der Waals surface area contributed by atoms with E-state index in [1.165, 1.54) is 6.92 Å². The summed E-state index contributed by atoms with van der Waals surface area (Å²) < 4.78 is 0. The Morgan fingerprint density at radius 2 is 2.00 bits per heavy atom. The SMILES string of the molecule is CCSc1cc(C)nc(SCC)c1NC(C)=O. The second kappa shape index (κ2) is 6.91. The summed E-state index contributed by atoms with van der Waals surface area (Å²) in [5.41, 5.74) is 1.85. The first-order chi connectivity index (χ1) is 8.08. The van der Waals surface area contributed by atoms with Crippen LogP contribution in [-0.4, -0.2) is 22.4 Å². The summed E-state index contributed by atoms with van der Waals surface area (Å²) in [6.45, 7) is 7.70. The Bertz CT molecular complexity index is 380. The van der Waals surface area contributed by atoms with Gasteiger partial charge in [-0.2, -0.15) is 0 Å². The average Bonchev–Trinajstić information content (AvgIpc) is 2.23. The number of nitrogens with one attached hydrogen (secondary N) is 1. The van der Waals surface area contributed by atoms with Gasteiger partial charge in [0.05, 0.1) is 5.69 Å². The van der Waals surface area contributed by atoms with Crippen molar-refractivity contribution in [1.82, 2.24) is 4.98 Å². The third-order valence-corrected chi connectivity index (χ3v) is 3.74. The largest absolute Gasteiger partial charge is 0.323 e. The normalized spacial score (nSPS) is 10.4. The molecule has 1 aromatic heterocycles. The van der Waals surface area contributed by atoms with Crippen LogP contribution in [0, 0.1) is 6.92 Å². The molecule has 0 fully saturated rings. The zero-order valence-corrected chi connectivity index (χ0v) is 12.3. The van der Waals surface area contributed by atoms with Crippen molar-refractivity contribution in [3.05, 3.63) is 11.8 Å². The average molecular weight is 270 g/mol. The Morgan fingerprint density at radius 3 is 2.53 bits per heavy atom. The predicted octanol–water partition coefficient (Wildman–Crippen LogP) is 3.57. The number of hydrogen-bond acceptors (Lipinski definition) is 4.